The van der Waals surface area contributed by atoms with Gasteiger partial charge in [-0.25, -0.2) is 0 Å². The minimum Gasteiger partial charge on any atom is -0.493 e. The van der Waals surface area contributed by atoms with Crippen LogP contribution in [0.5, 0.6) is 5.75 Å². The minimum atomic E-state index is -0.396. The Bertz CT molecular complexity index is 676. The largest absolute Gasteiger partial charge is 0.493 e. The molecule has 1 N–H and O–H groups in total. The molecule has 0 aliphatic carbocycles. The Morgan fingerprint density at radius 2 is 1.94 bits per heavy atom. The lowest BCUT2D eigenvalue weighted by Gasteiger charge is -2.19. The molecule has 1 heterocycles. The van der Waals surface area contributed by atoms with Crippen molar-refractivity contribution in [3.05, 3.63) is 41.5 Å². The Balaban J connectivity index is 2.43. The van der Waals surface area contributed by atoms with Crippen LogP contribution in [-0.2, 0) is 0 Å². The molecule has 90 valence electrons. The molecule has 2 aromatic rings. The van der Waals surface area contributed by atoms with Crippen molar-refractivity contribution in [3.8, 4) is 5.75 Å². The SMILES string of the molecule is CCOc1ccc2cccc3c2c1C(=O)NC3=O. The van der Waals surface area contributed by atoms with Crippen molar-refractivity contribution in [1.82, 2.24) is 5.32 Å². The number of benzene rings is 2. The molecule has 2 amide bonds. The van der Waals surface area contributed by atoms with Gasteiger partial charge in [-0.1, -0.05) is 18.2 Å². The van der Waals surface area contributed by atoms with E-state index in [-0.39, 0.29) is 5.91 Å². The molecule has 3 rings (SSSR count). The lowest BCUT2D eigenvalue weighted by molar-refractivity contribution is 0.0843. The highest BCUT2D eigenvalue weighted by atomic mass is 16.5. The maximum atomic E-state index is 12.0. The summed E-state index contributed by atoms with van der Waals surface area (Å²) in [6, 6.07) is 9.02. The van der Waals surface area contributed by atoms with E-state index in [4.69, 9.17) is 4.74 Å². The van der Waals surface area contributed by atoms with Gasteiger partial charge in [0.15, 0.2) is 0 Å². The lowest BCUT2D eigenvalue weighted by Crippen LogP contribution is -2.35. The molecule has 18 heavy (non-hydrogen) atoms. The van der Waals surface area contributed by atoms with Gasteiger partial charge in [-0.05, 0) is 24.4 Å². The van der Waals surface area contributed by atoms with Crippen LogP contribution >= 0.6 is 0 Å². The molecule has 2 aromatic carbocycles. The summed E-state index contributed by atoms with van der Waals surface area (Å²) in [6.45, 7) is 2.33. The van der Waals surface area contributed by atoms with E-state index in [1.54, 1.807) is 18.2 Å². The van der Waals surface area contributed by atoms with Crippen LogP contribution in [0.1, 0.15) is 27.6 Å². The van der Waals surface area contributed by atoms with E-state index < -0.39 is 5.91 Å². The maximum absolute atomic E-state index is 12.0. The summed E-state index contributed by atoms with van der Waals surface area (Å²) in [4.78, 5) is 23.7. The number of rotatable bonds is 2. The Morgan fingerprint density at radius 1 is 1.11 bits per heavy atom. The van der Waals surface area contributed by atoms with Gasteiger partial charge in [-0.3, -0.25) is 14.9 Å². The smallest absolute Gasteiger partial charge is 0.262 e. The van der Waals surface area contributed by atoms with Gasteiger partial charge in [0.05, 0.1) is 12.2 Å². The highest BCUT2D eigenvalue weighted by Crippen LogP contribution is 2.33. The molecule has 0 saturated carbocycles. The first kappa shape index (κ1) is 10.8. The van der Waals surface area contributed by atoms with Crippen LogP contribution in [0.15, 0.2) is 30.3 Å². The van der Waals surface area contributed by atoms with E-state index in [2.05, 4.69) is 5.32 Å². The molecule has 0 saturated heterocycles. The number of imide groups is 1. The average molecular weight is 241 g/mol. The van der Waals surface area contributed by atoms with Gasteiger partial charge >= 0.3 is 0 Å². The van der Waals surface area contributed by atoms with Gasteiger partial charge in [0.2, 0.25) is 0 Å². The molecule has 0 atom stereocenters. The van der Waals surface area contributed by atoms with E-state index >= 15 is 0 Å². The van der Waals surface area contributed by atoms with E-state index in [0.29, 0.717) is 28.9 Å². The summed E-state index contributed by atoms with van der Waals surface area (Å²) in [7, 11) is 0. The van der Waals surface area contributed by atoms with Gasteiger partial charge in [-0.15, -0.1) is 0 Å². The van der Waals surface area contributed by atoms with E-state index in [9.17, 15) is 9.59 Å². The standard InChI is InChI=1S/C14H11NO3/c1-2-18-10-7-6-8-4-3-5-9-11(8)12(10)14(17)15-13(9)16/h3-7H,2H2,1H3,(H,15,16,17). The summed E-state index contributed by atoms with van der Waals surface area (Å²) in [6.07, 6.45) is 0. The maximum Gasteiger partial charge on any atom is 0.262 e. The highest BCUT2D eigenvalue weighted by molar-refractivity contribution is 6.26. The molecule has 0 fully saturated rings. The highest BCUT2D eigenvalue weighted by Gasteiger charge is 2.27. The van der Waals surface area contributed by atoms with Gasteiger partial charge in [0, 0.05) is 10.9 Å². The van der Waals surface area contributed by atoms with Crippen molar-refractivity contribution in [1.29, 1.82) is 0 Å². The molecular weight excluding hydrogens is 230 g/mol. The number of carbonyl (C=O) groups is 2. The zero-order valence-corrected chi connectivity index (χ0v) is 9.82. The molecule has 0 bridgehead atoms. The summed E-state index contributed by atoms with van der Waals surface area (Å²) >= 11 is 0. The summed E-state index contributed by atoms with van der Waals surface area (Å²) < 4.78 is 5.46. The molecule has 4 nitrogen and oxygen atoms in total. The second-order valence-electron chi connectivity index (χ2n) is 4.06. The van der Waals surface area contributed by atoms with Crippen LogP contribution in [0.4, 0.5) is 0 Å². The molecule has 1 aliphatic rings. The molecule has 0 radical (unpaired) electrons. The van der Waals surface area contributed by atoms with Gasteiger partial charge in [0.25, 0.3) is 11.8 Å². The van der Waals surface area contributed by atoms with E-state index in [1.165, 1.54) is 0 Å². The van der Waals surface area contributed by atoms with Crippen LogP contribution in [0.3, 0.4) is 0 Å². The third kappa shape index (κ3) is 1.39. The number of carbonyl (C=O) groups excluding carboxylic acids is 2. The summed E-state index contributed by atoms with van der Waals surface area (Å²) in [5, 5.41) is 3.88. The van der Waals surface area contributed by atoms with Crippen molar-refractivity contribution in [2.45, 2.75) is 6.92 Å². The molecule has 0 spiro atoms. The Hall–Kier alpha value is -2.36. The number of nitrogens with one attached hydrogen (secondary N) is 1. The van der Waals surface area contributed by atoms with Gasteiger partial charge in [0.1, 0.15) is 5.75 Å². The Kier molecular flexibility index (Phi) is 2.30. The summed E-state index contributed by atoms with van der Waals surface area (Å²) in [5.74, 6) is -0.234. The molecule has 0 aromatic heterocycles. The number of ether oxygens (including phenoxy) is 1. The van der Waals surface area contributed by atoms with Crippen LogP contribution in [0, 0.1) is 0 Å². The summed E-state index contributed by atoms with van der Waals surface area (Å²) in [5.41, 5.74) is 0.966. The Morgan fingerprint density at radius 3 is 2.72 bits per heavy atom. The fourth-order valence-electron chi connectivity index (χ4n) is 2.28. The van der Waals surface area contributed by atoms with Gasteiger partial charge < -0.3 is 4.74 Å². The van der Waals surface area contributed by atoms with E-state index in [1.807, 2.05) is 19.1 Å². The fourth-order valence-corrected chi connectivity index (χ4v) is 2.28. The van der Waals surface area contributed by atoms with Crippen molar-refractivity contribution < 1.29 is 14.3 Å². The predicted molar refractivity (Wildman–Crippen MR) is 66.9 cm³/mol. The zero-order chi connectivity index (χ0) is 12.7. The quantitative estimate of drug-likeness (QED) is 0.819. The number of hydrogen-bond donors (Lipinski definition) is 1. The van der Waals surface area contributed by atoms with Gasteiger partial charge in [-0.2, -0.15) is 0 Å². The fraction of sp³-hybridized carbons (Fsp3) is 0.143. The second-order valence-corrected chi connectivity index (χ2v) is 4.06. The molecule has 1 aliphatic heterocycles. The first-order valence-corrected chi connectivity index (χ1v) is 5.76. The zero-order valence-electron chi connectivity index (χ0n) is 9.82. The van der Waals surface area contributed by atoms with Crippen molar-refractivity contribution in [3.63, 3.8) is 0 Å². The van der Waals surface area contributed by atoms with Crippen LogP contribution in [0.25, 0.3) is 10.8 Å². The predicted octanol–water partition coefficient (Wildman–Crippen LogP) is 2.12. The average Bonchev–Trinajstić information content (AvgIpc) is 2.36. The van der Waals surface area contributed by atoms with Crippen LogP contribution in [0.2, 0.25) is 0 Å². The first-order valence-electron chi connectivity index (χ1n) is 5.76. The minimum absolute atomic E-state index is 0.355. The molecule has 4 heteroatoms. The normalized spacial score (nSPS) is 13.6. The van der Waals surface area contributed by atoms with Crippen molar-refractivity contribution in [2.75, 3.05) is 6.61 Å². The molecule has 0 unspecified atom stereocenters. The Labute approximate surface area is 104 Å². The lowest BCUT2D eigenvalue weighted by atomic mass is 9.94. The topological polar surface area (TPSA) is 55.4 Å². The third-order valence-electron chi connectivity index (χ3n) is 3.01. The van der Waals surface area contributed by atoms with E-state index in [0.717, 1.165) is 5.39 Å². The first-order chi connectivity index (χ1) is 8.72. The van der Waals surface area contributed by atoms with Crippen LogP contribution < -0.4 is 10.1 Å². The van der Waals surface area contributed by atoms with Crippen molar-refractivity contribution >= 4 is 22.6 Å². The monoisotopic (exact) mass is 241 g/mol. The van der Waals surface area contributed by atoms with Crippen molar-refractivity contribution in [2.24, 2.45) is 0 Å². The van der Waals surface area contributed by atoms with Crippen LogP contribution in [-0.4, -0.2) is 18.4 Å². The number of hydrogen-bond acceptors (Lipinski definition) is 3. The number of amides is 2. The third-order valence-corrected chi connectivity index (χ3v) is 3.01. The second kappa shape index (κ2) is 3.84. The molecular formula is C14H11NO3.